The molecule has 0 saturated carbocycles. The van der Waals surface area contributed by atoms with Gasteiger partial charge in [0.2, 0.25) is 0 Å². The number of nitrogen functional groups attached to an aromatic ring is 1. The maximum absolute atomic E-state index is 10.9. The van der Waals surface area contributed by atoms with E-state index in [9.17, 15) is 10.1 Å². The number of hydrazine groups is 1. The first-order valence-electron chi connectivity index (χ1n) is 7.10. The van der Waals surface area contributed by atoms with Gasteiger partial charge < -0.3 is 5.43 Å². The average Bonchev–Trinajstić information content (AvgIpc) is 2.47. The predicted molar refractivity (Wildman–Crippen MR) is 79.2 cm³/mol. The Balaban J connectivity index is 2.14. The Morgan fingerprint density at radius 1 is 1.55 bits per heavy atom. The molecule has 1 fully saturated rings. The van der Waals surface area contributed by atoms with Crippen LogP contribution in [0.15, 0.2) is 18.2 Å². The minimum Gasteiger partial charge on any atom is -0.324 e. The van der Waals surface area contributed by atoms with Crippen LogP contribution in [0.4, 0.5) is 11.4 Å². The van der Waals surface area contributed by atoms with Crippen LogP contribution in [0.25, 0.3) is 0 Å². The molecule has 0 radical (unpaired) electrons. The molecule has 0 aromatic heterocycles. The molecule has 2 rings (SSSR count). The molecule has 20 heavy (non-hydrogen) atoms. The van der Waals surface area contributed by atoms with Gasteiger partial charge in [-0.3, -0.25) is 20.9 Å². The number of benzene rings is 1. The Bertz CT molecular complexity index is 478. The second-order valence-electron chi connectivity index (χ2n) is 5.39. The number of nitrogens with zero attached hydrogens (tertiary/aromatic N) is 2. The van der Waals surface area contributed by atoms with Crippen molar-refractivity contribution in [1.82, 2.24) is 4.90 Å². The number of nitro groups is 1. The molecule has 1 aliphatic heterocycles. The summed E-state index contributed by atoms with van der Waals surface area (Å²) in [7, 11) is 0. The fourth-order valence-electron chi connectivity index (χ4n) is 2.83. The summed E-state index contributed by atoms with van der Waals surface area (Å²) in [5, 5.41) is 10.9. The van der Waals surface area contributed by atoms with Gasteiger partial charge in [-0.2, -0.15) is 0 Å². The summed E-state index contributed by atoms with van der Waals surface area (Å²) < 4.78 is 0. The van der Waals surface area contributed by atoms with Crippen LogP contribution in [0.5, 0.6) is 0 Å². The van der Waals surface area contributed by atoms with Gasteiger partial charge in [0.1, 0.15) is 0 Å². The van der Waals surface area contributed by atoms with Crippen LogP contribution in [-0.4, -0.2) is 22.9 Å². The fraction of sp³-hybridized carbons (Fsp3) is 0.571. The van der Waals surface area contributed by atoms with Gasteiger partial charge in [-0.15, -0.1) is 0 Å². The molecule has 1 atom stereocenters. The normalized spacial score (nSPS) is 19.8. The van der Waals surface area contributed by atoms with Gasteiger partial charge in [-0.1, -0.05) is 13.3 Å². The number of nitrogens with two attached hydrogens (primary N) is 1. The van der Waals surface area contributed by atoms with Gasteiger partial charge >= 0.3 is 0 Å². The molecule has 1 unspecified atom stereocenters. The van der Waals surface area contributed by atoms with Crippen LogP contribution in [0.2, 0.25) is 0 Å². The predicted octanol–water partition coefficient (Wildman–Crippen LogP) is 2.50. The van der Waals surface area contributed by atoms with Gasteiger partial charge in [0.15, 0.2) is 0 Å². The number of rotatable bonds is 5. The first-order valence-corrected chi connectivity index (χ1v) is 7.10. The molecular formula is C14H22N4O2. The van der Waals surface area contributed by atoms with Crippen molar-refractivity contribution >= 4 is 11.4 Å². The molecule has 1 heterocycles. The first-order chi connectivity index (χ1) is 9.63. The molecular weight excluding hydrogens is 256 g/mol. The smallest absolute Gasteiger partial charge is 0.269 e. The third-order valence-electron chi connectivity index (χ3n) is 4.03. The van der Waals surface area contributed by atoms with Gasteiger partial charge in [0.05, 0.1) is 10.6 Å². The topological polar surface area (TPSA) is 84.4 Å². The highest BCUT2D eigenvalue weighted by Crippen LogP contribution is 2.26. The lowest BCUT2D eigenvalue weighted by atomic mass is 9.95. The highest BCUT2D eigenvalue weighted by atomic mass is 16.6. The minimum atomic E-state index is -0.366. The molecule has 1 saturated heterocycles. The van der Waals surface area contributed by atoms with Crippen LogP contribution >= 0.6 is 0 Å². The van der Waals surface area contributed by atoms with Gasteiger partial charge in [-0.25, -0.2) is 0 Å². The van der Waals surface area contributed by atoms with Crippen molar-refractivity contribution in [3.8, 4) is 0 Å². The summed E-state index contributed by atoms with van der Waals surface area (Å²) in [5.74, 6) is 6.23. The molecule has 3 N–H and O–H groups in total. The minimum absolute atomic E-state index is 0.114. The van der Waals surface area contributed by atoms with E-state index in [1.54, 1.807) is 12.1 Å². The molecule has 6 heteroatoms. The maximum atomic E-state index is 10.9. The third-order valence-corrected chi connectivity index (χ3v) is 4.03. The van der Waals surface area contributed by atoms with Crippen molar-refractivity contribution in [2.24, 2.45) is 11.8 Å². The Hall–Kier alpha value is -1.66. The van der Waals surface area contributed by atoms with E-state index in [4.69, 9.17) is 5.84 Å². The number of hydrogen-bond acceptors (Lipinski definition) is 5. The van der Waals surface area contributed by atoms with Crippen molar-refractivity contribution in [2.45, 2.75) is 32.7 Å². The molecule has 0 aliphatic carbocycles. The third kappa shape index (κ3) is 3.46. The number of piperidine rings is 1. The zero-order valence-electron chi connectivity index (χ0n) is 11.8. The SMILES string of the molecule is CCC1CCCN(Cc2cc([N+](=O)[O-])ccc2NN)C1. The largest absolute Gasteiger partial charge is 0.324 e. The number of nitro benzene ring substituents is 1. The molecule has 0 spiro atoms. The molecule has 1 aliphatic rings. The van der Waals surface area contributed by atoms with E-state index >= 15 is 0 Å². The number of non-ortho nitro benzene ring substituents is 1. The van der Waals surface area contributed by atoms with Crippen LogP contribution in [-0.2, 0) is 6.54 Å². The van der Waals surface area contributed by atoms with E-state index in [2.05, 4.69) is 17.2 Å². The van der Waals surface area contributed by atoms with Crippen molar-refractivity contribution in [3.63, 3.8) is 0 Å². The van der Waals surface area contributed by atoms with Crippen LogP contribution in [0.3, 0.4) is 0 Å². The lowest BCUT2D eigenvalue weighted by Crippen LogP contribution is -2.34. The van der Waals surface area contributed by atoms with Crippen molar-refractivity contribution in [2.75, 3.05) is 18.5 Å². The Labute approximate surface area is 119 Å². The molecule has 1 aromatic rings. The van der Waals surface area contributed by atoms with Crippen LogP contribution in [0, 0.1) is 16.0 Å². The molecule has 0 bridgehead atoms. The number of likely N-dealkylation sites (tertiary alicyclic amines) is 1. The summed E-state index contributed by atoms with van der Waals surface area (Å²) in [6, 6.07) is 4.77. The Morgan fingerprint density at radius 3 is 3.00 bits per heavy atom. The zero-order chi connectivity index (χ0) is 14.5. The number of anilines is 1. The Morgan fingerprint density at radius 2 is 2.35 bits per heavy atom. The fourth-order valence-corrected chi connectivity index (χ4v) is 2.83. The highest BCUT2D eigenvalue weighted by molar-refractivity contribution is 5.55. The Kier molecular flexibility index (Phi) is 4.92. The quantitative estimate of drug-likeness (QED) is 0.491. The average molecular weight is 278 g/mol. The monoisotopic (exact) mass is 278 g/mol. The first kappa shape index (κ1) is 14.7. The van der Waals surface area contributed by atoms with Crippen LogP contribution in [0.1, 0.15) is 31.7 Å². The summed E-state index contributed by atoms with van der Waals surface area (Å²) in [4.78, 5) is 12.9. The standard InChI is InChI=1S/C14H22N4O2/c1-2-11-4-3-7-17(9-11)10-12-8-13(18(19)20)5-6-14(12)16-15/h5-6,8,11,16H,2-4,7,9-10,15H2,1H3. The lowest BCUT2D eigenvalue weighted by Gasteiger charge is -2.32. The second kappa shape index (κ2) is 6.67. The van der Waals surface area contributed by atoms with Crippen LogP contribution < -0.4 is 11.3 Å². The van der Waals surface area contributed by atoms with Gasteiger partial charge in [-0.05, 0) is 36.9 Å². The summed E-state index contributed by atoms with van der Waals surface area (Å²) in [5.41, 5.74) is 4.39. The zero-order valence-corrected chi connectivity index (χ0v) is 11.8. The van der Waals surface area contributed by atoms with E-state index in [0.717, 1.165) is 30.3 Å². The highest BCUT2D eigenvalue weighted by Gasteiger charge is 2.20. The summed E-state index contributed by atoms with van der Waals surface area (Å²) in [6.45, 7) is 5.03. The van der Waals surface area contributed by atoms with E-state index in [1.807, 2.05) is 0 Å². The van der Waals surface area contributed by atoms with Crippen molar-refractivity contribution in [1.29, 1.82) is 0 Å². The maximum Gasteiger partial charge on any atom is 0.269 e. The van der Waals surface area contributed by atoms with Gasteiger partial charge in [0, 0.05) is 25.2 Å². The molecule has 110 valence electrons. The number of hydrogen-bond donors (Lipinski definition) is 2. The van der Waals surface area contributed by atoms with E-state index in [1.165, 1.54) is 25.3 Å². The molecule has 6 nitrogen and oxygen atoms in total. The van der Waals surface area contributed by atoms with E-state index < -0.39 is 0 Å². The van der Waals surface area contributed by atoms with Gasteiger partial charge in [0.25, 0.3) is 5.69 Å². The van der Waals surface area contributed by atoms with Crippen molar-refractivity contribution in [3.05, 3.63) is 33.9 Å². The molecule has 1 aromatic carbocycles. The second-order valence-corrected chi connectivity index (χ2v) is 5.39. The summed E-state index contributed by atoms with van der Waals surface area (Å²) in [6.07, 6.45) is 3.66. The lowest BCUT2D eigenvalue weighted by molar-refractivity contribution is -0.384. The van der Waals surface area contributed by atoms with E-state index in [0.29, 0.717) is 6.54 Å². The molecule has 0 amide bonds. The summed E-state index contributed by atoms with van der Waals surface area (Å²) >= 11 is 0. The van der Waals surface area contributed by atoms with E-state index in [-0.39, 0.29) is 10.6 Å². The van der Waals surface area contributed by atoms with Crippen molar-refractivity contribution < 1.29 is 4.92 Å². The number of nitrogens with one attached hydrogen (secondary N) is 1.